The van der Waals surface area contributed by atoms with Gasteiger partial charge >= 0.3 is 5.63 Å². The average molecular weight is 279 g/mol. The molecular formula is C16H9NO2S. The highest BCUT2D eigenvalue weighted by atomic mass is 32.1. The van der Waals surface area contributed by atoms with E-state index in [4.69, 9.17) is 4.42 Å². The van der Waals surface area contributed by atoms with Crippen LogP contribution in [0.3, 0.4) is 0 Å². The Bertz CT molecular complexity index is 970. The molecule has 0 amide bonds. The normalized spacial score (nSPS) is 11.2. The predicted octanol–water partition coefficient (Wildman–Crippen LogP) is 4.07. The molecule has 0 aliphatic heterocycles. The predicted molar refractivity (Wildman–Crippen MR) is 81.1 cm³/mol. The first-order valence-electron chi connectivity index (χ1n) is 6.21. The zero-order chi connectivity index (χ0) is 13.5. The van der Waals surface area contributed by atoms with Crippen LogP contribution in [-0.2, 0) is 0 Å². The maximum absolute atomic E-state index is 12.2. The largest absolute Gasteiger partial charge is 0.422 e. The molecule has 0 atom stereocenters. The van der Waals surface area contributed by atoms with Crippen LogP contribution in [0.1, 0.15) is 0 Å². The summed E-state index contributed by atoms with van der Waals surface area (Å²) in [6, 6.07) is 17.3. The van der Waals surface area contributed by atoms with Gasteiger partial charge in [-0.2, -0.15) is 4.37 Å². The van der Waals surface area contributed by atoms with E-state index in [9.17, 15) is 4.79 Å². The molecule has 20 heavy (non-hydrogen) atoms. The summed E-state index contributed by atoms with van der Waals surface area (Å²) in [6.45, 7) is 0. The van der Waals surface area contributed by atoms with Crippen molar-refractivity contribution in [2.45, 2.75) is 0 Å². The van der Waals surface area contributed by atoms with Gasteiger partial charge in [0.2, 0.25) is 0 Å². The minimum absolute atomic E-state index is 0.327. The number of aromatic nitrogens is 1. The lowest BCUT2D eigenvalue weighted by Gasteiger charge is -1.99. The second-order valence-electron chi connectivity index (χ2n) is 4.49. The number of rotatable bonds is 1. The molecule has 0 saturated heterocycles. The van der Waals surface area contributed by atoms with Gasteiger partial charge in [-0.25, -0.2) is 4.79 Å². The van der Waals surface area contributed by atoms with Crippen LogP contribution in [-0.4, -0.2) is 4.37 Å². The number of fused-ring (bicyclic) bond motifs is 3. The molecule has 0 bridgehead atoms. The van der Waals surface area contributed by atoms with Crippen LogP contribution in [0.4, 0.5) is 0 Å². The molecule has 0 unspecified atom stereocenters. The van der Waals surface area contributed by atoms with E-state index in [0.717, 1.165) is 21.3 Å². The molecule has 0 aliphatic carbocycles. The van der Waals surface area contributed by atoms with Crippen molar-refractivity contribution >= 4 is 33.4 Å². The highest BCUT2D eigenvalue weighted by Gasteiger charge is 2.16. The quantitative estimate of drug-likeness (QED) is 0.493. The van der Waals surface area contributed by atoms with Gasteiger partial charge in [0.05, 0.1) is 4.88 Å². The minimum Gasteiger partial charge on any atom is -0.422 e. The van der Waals surface area contributed by atoms with Crippen molar-refractivity contribution in [3.8, 4) is 10.4 Å². The second kappa shape index (κ2) is 4.28. The van der Waals surface area contributed by atoms with Crippen molar-refractivity contribution in [3.63, 3.8) is 0 Å². The molecule has 0 aliphatic rings. The molecule has 2 aromatic heterocycles. The van der Waals surface area contributed by atoms with Crippen molar-refractivity contribution in [2.24, 2.45) is 0 Å². The summed E-state index contributed by atoms with van der Waals surface area (Å²) in [7, 11) is 0. The third kappa shape index (κ3) is 1.58. The Balaban J connectivity index is 2.16. The molecule has 0 saturated carbocycles. The van der Waals surface area contributed by atoms with Gasteiger partial charge in [-0.05, 0) is 29.2 Å². The van der Waals surface area contributed by atoms with Crippen molar-refractivity contribution in [3.05, 3.63) is 65.0 Å². The highest BCUT2D eigenvalue weighted by molar-refractivity contribution is 7.11. The SMILES string of the molecule is O=c1oc2ccccc2c2nsc(-c3ccccc3)c12. The van der Waals surface area contributed by atoms with Crippen LogP contribution in [0.5, 0.6) is 0 Å². The van der Waals surface area contributed by atoms with Gasteiger partial charge in [0, 0.05) is 5.39 Å². The van der Waals surface area contributed by atoms with Crippen molar-refractivity contribution in [2.75, 3.05) is 0 Å². The van der Waals surface area contributed by atoms with Gasteiger partial charge in [0.1, 0.15) is 16.5 Å². The molecule has 0 N–H and O–H groups in total. The molecule has 4 rings (SSSR count). The molecule has 0 spiro atoms. The third-order valence-electron chi connectivity index (χ3n) is 3.28. The van der Waals surface area contributed by atoms with Crippen LogP contribution in [0.25, 0.3) is 32.3 Å². The van der Waals surface area contributed by atoms with Gasteiger partial charge < -0.3 is 4.42 Å². The molecular weight excluding hydrogens is 270 g/mol. The smallest absolute Gasteiger partial charge is 0.347 e. The lowest BCUT2D eigenvalue weighted by molar-refractivity contribution is 0.570. The van der Waals surface area contributed by atoms with Gasteiger partial charge in [0.25, 0.3) is 0 Å². The van der Waals surface area contributed by atoms with E-state index in [1.807, 2.05) is 48.5 Å². The van der Waals surface area contributed by atoms with Crippen LogP contribution in [0, 0.1) is 0 Å². The summed E-state index contributed by atoms with van der Waals surface area (Å²) in [5.74, 6) is 0. The summed E-state index contributed by atoms with van der Waals surface area (Å²) in [5, 5.41) is 1.44. The molecule has 3 nitrogen and oxygen atoms in total. The third-order valence-corrected chi connectivity index (χ3v) is 4.17. The Morgan fingerprint density at radius 2 is 1.70 bits per heavy atom. The number of hydrogen-bond donors (Lipinski definition) is 0. The van der Waals surface area contributed by atoms with Gasteiger partial charge in [0.15, 0.2) is 0 Å². The van der Waals surface area contributed by atoms with Gasteiger partial charge in [-0.1, -0.05) is 42.5 Å². The Labute approximate surface area is 118 Å². The number of benzene rings is 2. The fraction of sp³-hybridized carbons (Fsp3) is 0. The Morgan fingerprint density at radius 3 is 2.55 bits per heavy atom. The molecule has 2 aromatic carbocycles. The van der Waals surface area contributed by atoms with Gasteiger partial charge in [-0.15, -0.1) is 0 Å². The zero-order valence-electron chi connectivity index (χ0n) is 10.4. The minimum atomic E-state index is -0.327. The standard InChI is InChI=1S/C16H9NO2S/c18-16-13-14(11-8-4-5-9-12(11)19-16)17-20-15(13)10-6-2-1-3-7-10/h1-9H. The lowest BCUT2D eigenvalue weighted by Crippen LogP contribution is -1.99. The van der Waals surface area contributed by atoms with Crippen LogP contribution in [0.15, 0.2) is 63.8 Å². The molecule has 0 fully saturated rings. The Kier molecular flexibility index (Phi) is 2.44. The monoisotopic (exact) mass is 279 g/mol. The summed E-state index contributed by atoms with van der Waals surface area (Å²) < 4.78 is 9.87. The zero-order valence-corrected chi connectivity index (χ0v) is 11.2. The topological polar surface area (TPSA) is 43.1 Å². The van der Waals surface area contributed by atoms with E-state index in [2.05, 4.69) is 4.37 Å². The van der Waals surface area contributed by atoms with Crippen molar-refractivity contribution in [1.82, 2.24) is 4.37 Å². The van der Waals surface area contributed by atoms with E-state index in [1.165, 1.54) is 11.5 Å². The van der Waals surface area contributed by atoms with Crippen molar-refractivity contribution < 1.29 is 4.42 Å². The Morgan fingerprint density at radius 1 is 0.950 bits per heavy atom. The highest BCUT2D eigenvalue weighted by Crippen LogP contribution is 2.33. The summed E-state index contributed by atoms with van der Waals surface area (Å²) >= 11 is 1.33. The fourth-order valence-electron chi connectivity index (χ4n) is 2.35. The number of hydrogen-bond acceptors (Lipinski definition) is 4. The second-order valence-corrected chi connectivity index (χ2v) is 5.26. The molecule has 4 heteroatoms. The van der Waals surface area contributed by atoms with Crippen LogP contribution >= 0.6 is 11.5 Å². The van der Waals surface area contributed by atoms with Crippen molar-refractivity contribution in [1.29, 1.82) is 0 Å². The Hall–Kier alpha value is -2.46. The summed E-state index contributed by atoms with van der Waals surface area (Å²) in [4.78, 5) is 13.1. The number of nitrogens with zero attached hydrogens (tertiary/aromatic N) is 1. The molecule has 96 valence electrons. The summed E-state index contributed by atoms with van der Waals surface area (Å²) in [5.41, 5.74) is 1.96. The summed E-state index contributed by atoms with van der Waals surface area (Å²) in [6.07, 6.45) is 0. The first-order chi connectivity index (χ1) is 9.84. The molecule has 2 heterocycles. The maximum atomic E-state index is 12.2. The first kappa shape index (κ1) is 11.4. The lowest BCUT2D eigenvalue weighted by atomic mass is 10.1. The van der Waals surface area contributed by atoms with Gasteiger partial charge in [-0.3, -0.25) is 0 Å². The van der Waals surface area contributed by atoms with E-state index >= 15 is 0 Å². The van der Waals surface area contributed by atoms with Crippen LogP contribution < -0.4 is 5.63 Å². The van der Waals surface area contributed by atoms with E-state index in [0.29, 0.717) is 11.0 Å². The maximum Gasteiger partial charge on any atom is 0.347 e. The fourth-order valence-corrected chi connectivity index (χ4v) is 3.24. The van der Waals surface area contributed by atoms with E-state index in [-0.39, 0.29) is 5.63 Å². The average Bonchev–Trinajstić information content (AvgIpc) is 2.94. The van der Waals surface area contributed by atoms with E-state index < -0.39 is 0 Å². The first-order valence-corrected chi connectivity index (χ1v) is 6.98. The number of para-hydroxylation sites is 1. The molecule has 0 radical (unpaired) electrons. The van der Waals surface area contributed by atoms with E-state index in [1.54, 1.807) is 6.07 Å². The molecule has 4 aromatic rings. The van der Waals surface area contributed by atoms with Crippen LogP contribution in [0.2, 0.25) is 0 Å².